The molecule has 1 aromatic rings. The first-order valence-corrected chi connectivity index (χ1v) is 15.9. The average Bonchev–Trinajstić information content (AvgIpc) is 3.20. The fraction of sp³-hybridized carbons (Fsp3) is 0.742. The summed E-state index contributed by atoms with van der Waals surface area (Å²) in [5, 5.41) is 20.1. The minimum atomic E-state index is -3.54. The zero-order valence-electron chi connectivity index (χ0n) is 22.6. The quantitative estimate of drug-likeness (QED) is 0.445. The first-order chi connectivity index (χ1) is 17.0. The van der Waals surface area contributed by atoms with Gasteiger partial charge in [0.2, 0.25) is 0 Å². The highest BCUT2D eigenvalue weighted by Crippen LogP contribution is 2.67. The Morgan fingerprint density at radius 3 is 2.42 bits per heavy atom. The number of hydrogen-bond acceptors (Lipinski definition) is 4. The predicted octanol–water partition coefficient (Wildman–Crippen LogP) is 6.18. The van der Waals surface area contributed by atoms with Crippen LogP contribution in [0.25, 0.3) is 0 Å². The summed E-state index contributed by atoms with van der Waals surface area (Å²) in [5.41, 5.74) is 1.86. The summed E-state index contributed by atoms with van der Waals surface area (Å²) in [6, 6.07) is 8.84. The molecule has 0 heterocycles. The Hall–Kier alpha value is -1.17. The molecule has 5 heteroatoms. The molecule has 0 aromatic heterocycles. The topological polar surface area (TPSA) is 74.6 Å². The zero-order valence-corrected chi connectivity index (χ0v) is 23.4. The normalized spacial score (nSPS) is 40.8. The Morgan fingerprint density at radius 1 is 1.00 bits per heavy atom. The van der Waals surface area contributed by atoms with Crippen molar-refractivity contribution in [2.75, 3.05) is 0 Å². The van der Waals surface area contributed by atoms with Crippen molar-refractivity contribution in [2.24, 2.45) is 40.4 Å². The van der Waals surface area contributed by atoms with Gasteiger partial charge in [0, 0.05) is 0 Å². The van der Waals surface area contributed by atoms with E-state index in [0.29, 0.717) is 28.6 Å². The molecule has 2 N–H and O–H groups in total. The Kier molecular flexibility index (Phi) is 7.00. The van der Waals surface area contributed by atoms with E-state index in [0.717, 1.165) is 38.5 Å². The van der Waals surface area contributed by atoms with Crippen LogP contribution < -0.4 is 0 Å². The van der Waals surface area contributed by atoms with Crippen LogP contribution in [0.3, 0.4) is 0 Å². The second kappa shape index (κ2) is 9.54. The van der Waals surface area contributed by atoms with E-state index in [2.05, 4.69) is 26.8 Å². The molecule has 0 radical (unpaired) electrons. The molecule has 4 aliphatic rings. The van der Waals surface area contributed by atoms with Gasteiger partial charge in [-0.1, -0.05) is 50.6 Å². The molecule has 0 aliphatic heterocycles. The van der Waals surface area contributed by atoms with Crippen LogP contribution in [0, 0.1) is 40.4 Å². The Morgan fingerprint density at radius 2 is 1.72 bits per heavy atom. The number of allylic oxidation sites excluding steroid dienone is 1. The Labute approximate surface area is 218 Å². The van der Waals surface area contributed by atoms with E-state index in [4.69, 9.17) is 0 Å². The van der Waals surface area contributed by atoms with E-state index in [9.17, 15) is 18.6 Å². The van der Waals surface area contributed by atoms with Gasteiger partial charge in [0.15, 0.2) is 9.84 Å². The zero-order chi connectivity index (χ0) is 25.9. The molecule has 10 atom stereocenters. The van der Waals surface area contributed by atoms with Crippen LogP contribution in [-0.2, 0) is 9.84 Å². The van der Waals surface area contributed by atoms with Gasteiger partial charge >= 0.3 is 0 Å². The highest BCUT2D eigenvalue weighted by Gasteiger charge is 2.60. The lowest BCUT2D eigenvalue weighted by Gasteiger charge is -2.58. The molecular formula is C31H46O4S. The van der Waals surface area contributed by atoms with Gasteiger partial charge in [-0.2, -0.15) is 0 Å². The number of aliphatic hydroxyl groups is 2. The standard InChI is InChI=1S/C31H46O4S/c1-20(32)18-29(36(34,35)24-8-6-5-7-9-24)21(2)26-12-13-27-25-11-10-22-19-23(33)14-16-30(22,3)28(25)15-17-31(26,27)4/h5-10,20-21,23,25-29,32-33H,11-19H2,1-4H3/t20-,21+,23?,25?,26?,27?,28?,29?,30?,31?/m1/s1. The van der Waals surface area contributed by atoms with Gasteiger partial charge in [-0.25, -0.2) is 8.42 Å². The summed E-state index contributed by atoms with van der Waals surface area (Å²) in [7, 11) is -3.54. The Balaban J connectivity index is 1.43. The molecule has 1 aromatic carbocycles. The fourth-order valence-electron chi connectivity index (χ4n) is 9.55. The van der Waals surface area contributed by atoms with Crippen molar-refractivity contribution >= 4 is 9.84 Å². The number of fused-ring (bicyclic) bond motifs is 5. The third-order valence-electron chi connectivity index (χ3n) is 11.4. The van der Waals surface area contributed by atoms with Crippen LogP contribution in [0.4, 0.5) is 0 Å². The van der Waals surface area contributed by atoms with Gasteiger partial charge in [0.1, 0.15) is 0 Å². The number of rotatable bonds is 6. The predicted molar refractivity (Wildman–Crippen MR) is 144 cm³/mol. The smallest absolute Gasteiger partial charge is 0.181 e. The Bertz CT molecular complexity index is 1080. The molecule has 0 bridgehead atoms. The first-order valence-electron chi connectivity index (χ1n) is 14.3. The van der Waals surface area contributed by atoms with E-state index in [1.807, 2.05) is 6.07 Å². The van der Waals surface area contributed by atoms with E-state index < -0.39 is 21.2 Å². The van der Waals surface area contributed by atoms with Crippen molar-refractivity contribution in [3.8, 4) is 0 Å². The molecule has 4 nitrogen and oxygen atoms in total. The van der Waals surface area contributed by atoms with E-state index in [-0.39, 0.29) is 29.3 Å². The van der Waals surface area contributed by atoms with Crippen molar-refractivity contribution in [1.29, 1.82) is 0 Å². The lowest BCUT2D eigenvalue weighted by Crippen LogP contribution is -2.51. The molecule has 0 amide bonds. The summed E-state index contributed by atoms with van der Waals surface area (Å²) in [4.78, 5) is 0.378. The second-order valence-electron chi connectivity index (χ2n) is 13.2. The molecular weight excluding hydrogens is 468 g/mol. The molecule has 36 heavy (non-hydrogen) atoms. The third-order valence-corrected chi connectivity index (χ3v) is 13.8. The summed E-state index contributed by atoms with van der Waals surface area (Å²) < 4.78 is 27.7. The molecule has 5 rings (SSSR count). The highest BCUT2D eigenvalue weighted by atomic mass is 32.2. The van der Waals surface area contributed by atoms with Crippen LogP contribution in [0.15, 0.2) is 46.9 Å². The number of sulfone groups is 1. The van der Waals surface area contributed by atoms with Gasteiger partial charge in [0.05, 0.1) is 22.4 Å². The molecule has 0 spiro atoms. The average molecular weight is 515 g/mol. The minimum absolute atomic E-state index is 0.00790. The summed E-state index contributed by atoms with van der Waals surface area (Å²) >= 11 is 0. The van der Waals surface area contributed by atoms with Crippen molar-refractivity contribution in [3.05, 3.63) is 42.0 Å². The first kappa shape index (κ1) is 26.4. The van der Waals surface area contributed by atoms with Gasteiger partial charge in [-0.05, 0) is 117 Å². The maximum absolute atomic E-state index is 13.8. The fourth-order valence-corrected chi connectivity index (χ4v) is 11.7. The second-order valence-corrected chi connectivity index (χ2v) is 15.4. The molecule has 0 saturated heterocycles. The number of aliphatic hydroxyl groups excluding tert-OH is 2. The number of benzene rings is 1. The van der Waals surface area contributed by atoms with Gasteiger partial charge < -0.3 is 10.2 Å². The lowest BCUT2D eigenvalue weighted by molar-refractivity contribution is -0.0574. The van der Waals surface area contributed by atoms with Crippen LogP contribution >= 0.6 is 0 Å². The summed E-state index contributed by atoms with van der Waals surface area (Å²) in [6.45, 7) is 8.80. The minimum Gasteiger partial charge on any atom is -0.393 e. The third kappa shape index (κ3) is 4.22. The van der Waals surface area contributed by atoms with E-state index in [1.54, 1.807) is 31.2 Å². The lowest BCUT2D eigenvalue weighted by atomic mass is 9.47. The largest absolute Gasteiger partial charge is 0.393 e. The van der Waals surface area contributed by atoms with Gasteiger partial charge in [-0.3, -0.25) is 0 Å². The van der Waals surface area contributed by atoms with Crippen LogP contribution in [0.1, 0.15) is 85.5 Å². The highest BCUT2D eigenvalue weighted by molar-refractivity contribution is 7.92. The molecule has 3 fully saturated rings. The monoisotopic (exact) mass is 514 g/mol. The molecule has 8 unspecified atom stereocenters. The van der Waals surface area contributed by atoms with Crippen molar-refractivity contribution in [1.82, 2.24) is 0 Å². The van der Waals surface area contributed by atoms with E-state index in [1.165, 1.54) is 18.4 Å². The molecule has 3 saturated carbocycles. The van der Waals surface area contributed by atoms with Gasteiger partial charge in [0.25, 0.3) is 0 Å². The maximum atomic E-state index is 13.8. The summed E-state index contributed by atoms with van der Waals surface area (Å²) in [6.07, 6.45) is 10.5. The van der Waals surface area contributed by atoms with E-state index >= 15 is 0 Å². The molecule has 4 aliphatic carbocycles. The van der Waals surface area contributed by atoms with Crippen LogP contribution in [0.5, 0.6) is 0 Å². The van der Waals surface area contributed by atoms with Gasteiger partial charge in [-0.15, -0.1) is 0 Å². The van der Waals surface area contributed by atoms with Crippen molar-refractivity contribution in [3.63, 3.8) is 0 Å². The van der Waals surface area contributed by atoms with Crippen LogP contribution in [-0.4, -0.2) is 36.1 Å². The van der Waals surface area contributed by atoms with Crippen molar-refractivity contribution in [2.45, 2.75) is 108 Å². The van der Waals surface area contributed by atoms with Crippen LogP contribution in [0.2, 0.25) is 0 Å². The number of hydrogen-bond donors (Lipinski definition) is 2. The molecule has 200 valence electrons. The summed E-state index contributed by atoms with van der Waals surface area (Å²) in [5.74, 6) is 2.30. The maximum Gasteiger partial charge on any atom is 0.181 e. The van der Waals surface area contributed by atoms with Crippen molar-refractivity contribution < 1.29 is 18.6 Å². The SMILES string of the molecule is C[C@@H](C1CCC2C3CC=C4CC(O)CCC4(C)C3CCC21C)C(C[C@@H](C)O)S(=O)(=O)c1ccccc1.